The number of carbonyl (C=O) groups excluding carboxylic acids is 2. The maximum Gasteiger partial charge on any atom is 0.322 e. The molecule has 2 aromatic rings. The van der Waals surface area contributed by atoms with Crippen LogP contribution >= 0.6 is 11.6 Å². The molecule has 0 unspecified atom stereocenters. The third-order valence-electron chi connectivity index (χ3n) is 5.43. The summed E-state index contributed by atoms with van der Waals surface area (Å²) >= 11 is 6.20. The number of halogens is 1. The first-order valence-corrected chi connectivity index (χ1v) is 11.1. The summed E-state index contributed by atoms with van der Waals surface area (Å²) in [5, 5.41) is 3.47. The van der Waals surface area contributed by atoms with Gasteiger partial charge in [0.15, 0.2) is 11.5 Å². The highest BCUT2D eigenvalue weighted by Crippen LogP contribution is 2.40. The van der Waals surface area contributed by atoms with Crippen LogP contribution in [0.2, 0.25) is 5.02 Å². The average molecular weight is 461 g/mol. The predicted molar refractivity (Wildman–Crippen MR) is 124 cm³/mol. The van der Waals surface area contributed by atoms with E-state index >= 15 is 0 Å². The van der Waals surface area contributed by atoms with Gasteiger partial charge in [0.05, 0.1) is 32.8 Å². The molecule has 172 valence electrons. The molecule has 0 radical (unpaired) electrons. The molecule has 3 rings (SSSR count). The molecule has 1 aliphatic heterocycles. The summed E-state index contributed by atoms with van der Waals surface area (Å²) < 4.78 is 16.4. The lowest BCUT2D eigenvalue weighted by molar-refractivity contribution is -0.141. The molecule has 2 amide bonds. The Bertz CT molecular complexity index is 995. The Morgan fingerprint density at radius 2 is 1.81 bits per heavy atom. The number of carbonyl (C=O) groups is 2. The number of aryl methyl sites for hydroxylation is 1. The fraction of sp³-hybridized carbons (Fsp3) is 0.417. The van der Waals surface area contributed by atoms with Gasteiger partial charge in [-0.05, 0) is 68.1 Å². The Hall–Kier alpha value is -2.93. The van der Waals surface area contributed by atoms with Crippen molar-refractivity contribution in [3.63, 3.8) is 0 Å². The average Bonchev–Trinajstić information content (AvgIpc) is 2.77. The Kier molecular flexibility index (Phi) is 7.85. The molecule has 0 aliphatic carbocycles. The minimum Gasteiger partial charge on any atom is -0.490 e. The van der Waals surface area contributed by atoms with Crippen molar-refractivity contribution >= 4 is 29.3 Å². The molecule has 0 saturated heterocycles. The Morgan fingerprint density at radius 1 is 1.12 bits per heavy atom. The standard InChI is InChI=1S/C24H29ClN2O5/c1-5-31-21-11-16-9-10-27(24(29)26-17-8-7-15(3)19(25)12-17)20(14-23(28)30-4)18(16)13-22(21)32-6-2/h7-8,11-13,20H,5-6,9-10,14H2,1-4H3,(H,26,29)/t20-/m0/s1. The molecular weight excluding hydrogens is 432 g/mol. The maximum atomic E-state index is 13.2. The number of nitrogens with one attached hydrogen (secondary N) is 1. The van der Waals surface area contributed by atoms with Crippen molar-refractivity contribution in [2.45, 2.75) is 39.7 Å². The second-order valence-corrected chi connectivity index (χ2v) is 7.90. The monoisotopic (exact) mass is 460 g/mol. The molecule has 1 atom stereocenters. The van der Waals surface area contributed by atoms with Crippen LogP contribution < -0.4 is 14.8 Å². The lowest BCUT2D eigenvalue weighted by atomic mass is 9.90. The van der Waals surface area contributed by atoms with E-state index in [1.165, 1.54) is 7.11 Å². The second-order valence-electron chi connectivity index (χ2n) is 7.50. The van der Waals surface area contributed by atoms with Crippen LogP contribution in [0.1, 0.15) is 43.0 Å². The first-order valence-electron chi connectivity index (χ1n) is 10.7. The van der Waals surface area contributed by atoms with Crippen molar-refractivity contribution in [1.29, 1.82) is 0 Å². The van der Waals surface area contributed by atoms with E-state index < -0.39 is 12.0 Å². The summed E-state index contributed by atoms with van der Waals surface area (Å²) in [5.74, 6) is 0.860. The van der Waals surface area contributed by atoms with Crippen LogP contribution in [0.4, 0.5) is 10.5 Å². The van der Waals surface area contributed by atoms with Crippen LogP contribution in [-0.4, -0.2) is 43.8 Å². The smallest absolute Gasteiger partial charge is 0.322 e. The molecule has 0 aromatic heterocycles. The first kappa shape index (κ1) is 23.7. The largest absolute Gasteiger partial charge is 0.490 e. The van der Waals surface area contributed by atoms with Gasteiger partial charge in [-0.25, -0.2) is 4.79 Å². The minimum atomic E-state index is -0.498. The Balaban J connectivity index is 1.95. The molecule has 1 heterocycles. The number of amides is 2. The number of rotatable bonds is 7. The van der Waals surface area contributed by atoms with E-state index in [1.807, 2.05) is 39.0 Å². The highest BCUT2D eigenvalue weighted by molar-refractivity contribution is 6.31. The van der Waals surface area contributed by atoms with Crippen LogP contribution in [0.15, 0.2) is 30.3 Å². The summed E-state index contributed by atoms with van der Waals surface area (Å²) in [6.07, 6.45) is 0.659. The van der Waals surface area contributed by atoms with Gasteiger partial charge in [0, 0.05) is 17.3 Å². The van der Waals surface area contributed by atoms with Crippen molar-refractivity contribution in [2.75, 3.05) is 32.2 Å². The fourth-order valence-corrected chi connectivity index (χ4v) is 4.00. The van der Waals surface area contributed by atoms with E-state index in [-0.39, 0.29) is 12.5 Å². The number of esters is 1. The van der Waals surface area contributed by atoms with Crippen LogP contribution in [0, 0.1) is 6.92 Å². The summed E-state index contributed by atoms with van der Waals surface area (Å²) in [7, 11) is 1.34. The van der Waals surface area contributed by atoms with E-state index in [4.69, 9.17) is 25.8 Å². The minimum absolute atomic E-state index is 0.0329. The topological polar surface area (TPSA) is 77.1 Å². The van der Waals surface area contributed by atoms with Gasteiger partial charge in [0.1, 0.15) is 0 Å². The van der Waals surface area contributed by atoms with Gasteiger partial charge >= 0.3 is 12.0 Å². The number of hydrogen-bond acceptors (Lipinski definition) is 5. The number of methoxy groups -OCH3 is 1. The number of urea groups is 1. The van der Waals surface area contributed by atoms with Gasteiger partial charge in [-0.15, -0.1) is 0 Å². The van der Waals surface area contributed by atoms with Crippen LogP contribution in [-0.2, 0) is 16.0 Å². The molecule has 1 aliphatic rings. The van der Waals surface area contributed by atoms with Crippen molar-refractivity contribution in [1.82, 2.24) is 4.90 Å². The van der Waals surface area contributed by atoms with E-state index in [0.29, 0.717) is 48.4 Å². The molecule has 2 aromatic carbocycles. The molecule has 0 bridgehead atoms. The number of ether oxygens (including phenoxy) is 3. The van der Waals surface area contributed by atoms with E-state index in [2.05, 4.69) is 5.32 Å². The fourth-order valence-electron chi connectivity index (χ4n) is 3.82. The zero-order valence-corrected chi connectivity index (χ0v) is 19.6. The van der Waals surface area contributed by atoms with Crippen LogP contribution in [0.3, 0.4) is 0 Å². The number of hydrogen-bond donors (Lipinski definition) is 1. The number of nitrogens with zero attached hydrogens (tertiary/aromatic N) is 1. The Morgan fingerprint density at radius 3 is 2.44 bits per heavy atom. The quantitative estimate of drug-likeness (QED) is 0.579. The van der Waals surface area contributed by atoms with Gasteiger partial charge in [-0.3, -0.25) is 4.79 Å². The van der Waals surface area contributed by atoms with Crippen LogP contribution in [0.5, 0.6) is 11.5 Å². The number of fused-ring (bicyclic) bond motifs is 1. The van der Waals surface area contributed by atoms with Crippen molar-refractivity contribution in [3.05, 3.63) is 52.0 Å². The highest BCUT2D eigenvalue weighted by Gasteiger charge is 2.34. The predicted octanol–water partition coefficient (Wildman–Crippen LogP) is 5.14. The lowest BCUT2D eigenvalue weighted by Crippen LogP contribution is -2.43. The molecule has 1 N–H and O–H groups in total. The van der Waals surface area contributed by atoms with Gasteiger partial charge in [0.25, 0.3) is 0 Å². The van der Waals surface area contributed by atoms with Gasteiger partial charge in [-0.2, -0.15) is 0 Å². The summed E-state index contributed by atoms with van der Waals surface area (Å²) in [5.41, 5.74) is 3.39. The molecule has 8 heteroatoms. The van der Waals surface area contributed by atoms with Crippen LogP contribution in [0.25, 0.3) is 0 Å². The normalized spacial score (nSPS) is 15.0. The van der Waals surface area contributed by atoms with E-state index in [1.54, 1.807) is 17.0 Å². The maximum absolute atomic E-state index is 13.2. The SMILES string of the molecule is CCOc1cc2c(cc1OCC)[C@H](CC(=O)OC)N(C(=O)Nc1ccc(C)c(Cl)c1)CC2. The Labute approximate surface area is 193 Å². The highest BCUT2D eigenvalue weighted by atomic mass is 35.5. The molecule has 0 saturated carbocycles. The van der Waals surface area contributed by atoms with Gasteiger partial charge in [-0.1, -0.05) is 17.7 Å². The molecule has 0 fully saturated rings. The zero-order valence-electron chi connectivity index (χ0n) is 18.9. The molecule has 0 spiro atoms. The first-order chi connectivity index (χ1) is 15.4. The number of benzene rings is 2. The zero-order chi connectivity index (χ0) is 23.3. The summed E-state index contributed by atoms with van der Waals surface area (Å²) in [4.78, 5) is 27.1. The van der Waals surface area contributed by atoms with Gasteiger partial charge in [0.2, 0.25) is 0 Å². The third-order valence-corrected chi connectivity index (χ3v) is 5.84. The molecule has 32 heavy (non-hydrogen) atoms. The molecule has 7 nitrogen and oxygen atoms in total. The van der Waals surface area contributed by atoms with Crippen molar-refractivity contribution < 1.29 is 23.8 Å². The third kappa shape index (κ3) is 5.27. The van der Waals surface area contributed by atoms with Gasteiger partial charge < -0.3 is 24.4 Å². The summed E-state index contributed by atoms with van der Waals surface area (Å²) in [6.45, 7) is 7.14. The van der Waals surface area contributed by atoms with E-state index in [9.17, 15) is 9.59 Å². The summed E-state index contributed by atoms with van der Waals surface area (Å²) in [6, 6.07) is 8.37. The van der Waals surface area contributed by atoms with Crippen molar-refractivity contribution in [2.24, 2.45) is 0 Å². The second kappa shape index (κ2) is 10.6. The van der Waals surface area contributed by atoms with E-state index in [0.717, 1.165) is 16.7 Å². The molecular formula is C24H29ClN2O5. The van der Waals surface area contributed by atoms with Crippen molar-refractivity contribution in [3.8, 4) is 11.5 Å². The number of anilines is 1. The lowest BCUT2D eigenvalue weighted by Gasteiger charge is -2.37.